The third kappa shape index (κ3) is 3.62. The number of anilines is 1. The van der Waals surface area contributed by atoms with Crippen LogP contribution in [0.2, 0.25) is 5.02 Å². The topological polar surface area (TPSA) is 73.9 Å². The number of carbonyl (C=O) groups excluding carboxylic acids is 1. The minimum Gasteiger partial charge on any atom is -0.337 e. The molecule has 1 aliphatic carbocycles. The van der Waals surface area contributed by atoms with Gasteiger partial charge in [-0.15, -0.1) is 0 Å². The number of urea groups is 1. The lowest BCUT2D eigenvalue weighted by Gasteiger charge is -2.24. The molecule has 140 valence electrons. The molecule has 1 aliphatic rings. The smallest absolute Gasteiger partial charge is 0.321 e. The Bertz CT molecular complexity index is 993. The Kier molecular flexibility index (Phi) is 4.74. The van der Waals surface area contributed by atoms with Crippen LogP contribution in [0.4, 0.5) is 10.5 Å². The zero-order valence-electron chi connectivity index (χ0n) is 15.4. The lowest BCUT2D eigenvalue weighted by atomic mass is 10.2. The van der Waals surface area contributed by atoms with Crippen molar-refractivity contribution in [3.05, 3.63) is 41.0 Å². The van der Waals surface area contributed by atoms with Crippen LogP contribution in [0.3, 0.4) is 0 Å². The highest BCUT2D eigenvalue weighted by atomic mass is 35.5. The second-order valence-electron chi connectivity index (χ2n) is 7.14. The molecule has 1 saturated carbocycles. The van der Waals surface area contributed by atoms with Gasteiger partial charge in [-0.05, 0) is 49.6 Å². The van der Waals surface area contributed by atoms with E-state index in [9.17, 15) is 4.79 Å². The van der Waals surface area contributed by atoms with Crippen LogP contribution in [-0.4, -0.2) is 39.0 Å². The van der Waals surface area contributed by atoms with Gasteiger partial charge in [0.1, 0.15) is 5.82 Å². The van der Waals surface area contributed by atoms with E-state index < -0.39 is 0 Å². The summed E-state index contributed by atoms with van der Waals surface area (Å²) in [6, 6.07) is 7.63. The normalized spacial score (nSPS) is 14.6. The van der Waals surface area contributed by atoms with Crippen LogP contribution in [0.1, 0.15) is 31.2 Å². The van der Waals surface area contributed by atoms with Crippen LogP contribution in [0.5, 0.6) is 0 Å². The summed E-state index contributed by atoms with van der Waals surface area (Å²) >= 11 is 6.39. The second kappa shape index (κ2) is 7.19. The fourth-order valence-corrected chi connectivity index (χ4v) is 3.79. The summed E-state index contributed by atoms with van der Waals surface area (Å²) in [5, 5.41) is 3.53. The predicted octanol–water partition coefficient (Wildman–Crippen LogP) is 4.99. The van der Waals surface area contributed by atoms with E-state index >= 15 is 0 Å². The van der Waals surface area contributed by atoms with Gasteiger partial charge in [-0.1, -0.05) is 24.4 Å². The lowest BCUT2D eigenvalue weighted by Crippen LogP contribution is -2.38. The summed E-state index contributed by atoms with van der Waals surface area (Å²) in [6.45, 7) is 1.98. The number of nitrogens with one attached hydrogen (secondary N) is 2. The van der Waals surface area contributed by atoms with Crippen molar-refractivity contribution in [2.75, 3.05) is 12.4 Å². The molecule has 7 heteroatoms. The summed E-state index contributed by atoms with van der Waals surface area (Å²) in [6.07, 6.45) is 6.30. The predicted molar refractivity (Wildman–Crippen MR) is 108 cm³/mol. The number of imidazole rings is 1. The van der Waals surface area contributed by atoms with Crippen LogP contribution in [-0.2, 0) is 0 Å². The first kappa shape index (κ1) is 17.8. The molecule has 0 unspecified atom stereocenters. The molecule has 3 aromatic rings. The summed E-state index contributed by atoms with van der Waals surface area (Å²) in [7, 11) is 1.86. The molecule has 2 heterocycles. The average Bonchev–Trinajstić information content (AvgIpc) is 3.31. The molecule has 0 spiro atoms. The standard InChI is InChI=1S/C20H22ClN5O/c1-12-9-17-19(22-11-12)25-18(24-17)15-10-13(7-8-16(15)21)23-20(27)26(2)14-5-3-4-6-14/h7-11,14H,3-6H2,1-2H3,(H,23,27)(H,22,24,25). The number of benzene rings is 1. The maximum atomic E-state index is 12.6. The number of nitrogens with zero attached hydrogens (tertiary/aromatic N) is 3. The highest BCUT2D eigenvalue weighted by Gasteiger charge is 2.23. The van der Waals surface area contributed by atoms with Crippen molar-refractivity contribution in [3.8, 4) is 11.4 Å². The fourth-order valence-electron chi connectivity index (χ4n) is 3.59. The van der Waals surface area contributed by atoms with E-state index in [2.05, 4.69) is 20.3 Å². The second-order valence-corrected chi connectivity index (χ2v) is 7.55. The van der Waals surface area contributed by atoms with E-state index in [1.54, 1.807) is 23.2 Å². The van der Waals surface area contributed by atoms with Crippen molar-refractivity contribution >= 4 is 34.5 Å². The van der Waals surface area contributed by atoms with Crippen molar-refractivity contribution in [1.82, 2.24) is 19.9 Å². The van der Waals surface area contributed by atoms with Gasteiger partial charge < -0.3 is 15.2 Å². The molecule has 2 aromatic heterocycles. The van der Waals surface area contributed by atoms with E-state index in [-0.39, 0.29) is 6.03 Å². The van der Waals surface area contributed by atoms with E-state index in [1.165, 1.54) is 12.8 Å². The molecular formula is C20H22ClN5O. The Morgan fingerprint density at radius 3 is 2.85 bits per heavy atom. The highest BCUT2D eigenvalue weighted by Crippen LogP contribution is 2.30. The SMILES string of the molecule is Cc1cnc2nc(-c3cc(NC(=O)N(C)C4CCCC4)ccc3Cl)[nH]c2c1. The maximum Gasteiger partial charge on any atom is 0.321 e. The fraction of sp³-hybridized carbons (Fsp3) is 0.350. The number of hydrogen-bond donors (Lipinski definition) is 2. The molecule has 2 N–H and O–H groups in total. The lowest BCUT2D eigenvalue weighted by molar-refractivity contribution is 0.205. The Morgan fingerprint density at radius 1 is 1.30 bits per heavy atom. The number of hydrogen-bond acceptors (Lipinski definition) is 3. The number of carbonyl (C=O) groups is 1. The third-order valence-corrected chi connectivity index (χ3v) is 5.47. The van der Waals surface area contributed by atoms with Crippen molar-refractivity contribution in [2.24, 2.45) is 0 Å². The van der Waals surface area contributed by atoms with Gasteiger partial charge in [-0.3, -0.25) is 0 Å². The quantitative estimate of drug-likeness (QED) is 0.668. The number of halogens is 1. The van der Waals surface area contributed by atoms with Crippen molar-refractivity contribution in [2.45, 2.75) is 38.6 Å². The minimum absolute atomic E-state index is 0.0999. The molecule has 4 rings (SSSR count). The van der Waals surface area contributed by atoms with Gasteiger partial charge in [0.15, 0.2) is 5.65 Å². The van der Waals surface area contributed by atoms with Crippen molar-refractivity contribution < 1.29 is 4.79 Å². The van der Waals surface area contributed by atoms with Gasteiger partial charge in [-0.25, -0.2) is 14.8 Å². The van der Waals surface area contributed by atoms with E-state index in [1.807, 2.05) is 26.1 Å². The Labute approximate surface area is 163 Å². The largest absolute Gasteiger partial charge is 0.337 e. The number of aryl methyl sites for hydroxylation is 1. The van der Waals surface area contributed by atoms with Gasteiger partial charge in [0.25, 0.3) is 0 Å². The first-order valence-corrected chi connectivity index (χ1v) is 9.55. The number of amides is 2. The van der Waals surface area contributed by atoms with Crippen LogP contribution < -0.4 is 5.32 Å². The Morgan fingerprint density at radius 2 is 2.07 bits per heavy atom. The van der Waals surface area contributed by atoms with E-state index in [0.717, 1.165) is 29.5 Å². The molecule has 27 heavy (non-hydrogen) atoms. The maximum absolute atomic E-state index is 12.6. The molecule has 0 saturated heterocycles. The van der Waals surface area contributed by atoms with Crippen molar-refractivity contribution in [1.29, 1.82) is 0 Å². The summed E-state index contributed by atoms with van der Waals surface area (Å²) in [4.78, 5) is 26.5. The van der Waals surface area contributed by atoms with Crippen LogP contribution in [0.15, 0.2) is 30.5 Å². The van der Waals surface area contributed by atoms with E-state index in [0.29, 0.717) is 28.2 Å². The van der Waals surface area contributed by atoms with Crippen molar-refractivity contribution in [3.63, 3.8) is 0 Å². The average molecular weight is 384 g/mol. The number of aromatic nitrogens is 3. The number of fused-ring (bicyclic) bond motifs is 1. The summed E-state index contributed by atoms with van der Waals surface area (Å²) < 4.78 is 0. The van der Waals surface area contributed by atoms with E-state index in [4.69, 9.17) is 11.6 Å². The van der Waals surface area contributed by atoms with Crippen LogP contribution >= 0.6 is 11.6 Å². The Hall–Kier alpha value is -2.60. The molecule has 6 nitrogen and oxygen atoms in total. The molecule has 0 radical (unpaired) electrons. The molecular weight excluding hydrogens is 362 g/mol. The monoisotopic (exact) mass is 383 g/mol. The molecule has 1 aromatic carbocycles. The zero-order chi connectivity index (χ0) is 19.0. The van der Waals surface area contributed by atoms with Crippen LogP contribution in [0.25, 0.3) is 22.6 Å². The first-order chi connectivity index (χ1) is 13.0. The molecule has 0 aliphatic heterocycles. The molecule has 1 fully saturated rings. The van der Waals surface area contributed by atoms with Gasteiger partial charge >= 0.3 is 6.03 Å². The summed E-state index contributed by atoms with van der Waals surface area (Å²) in [5.74, 6) is 0.633. The van der Waals surface area contributed by atoms with Gasteiger partial charge in [0, 0.05) is 30.5 Å². The molecule has 0 bridgehead atoms. The summed E-state index contributed by atoms with van der Waals surface area (Å²) in [5.41, 5.74) is 3.97. The number of rotatable bonds is 3. The first-order valence-electron chi connectivity index (χ1n) is 9.17. The number of aromatic amines is 1. The van der Waals surface area contributed by atoms with Gasteiger partial charge in [0.2, 0.25) is 0 Å². The number of H-pyrrole nitrogens is 1. The zero-order valence-corrected chi connectivity index (χ0v) is 16.2. The number of pyridine rings is 1. The Balaban J connectivity index is 1.59. The van der Waals surface area contributed by atoms with Crippen LogP contribution in [0, 0.1) is 6.92 Å². The third-order valence-electron chi connectivity index (χ3n) is 5.14. The highest BCUT2D eigenvalue weighted by molar-refractivity contribution is 6.33. The van der Waals surface area contributed by atoms with Gasteiger partial charge in [-0.2, -0.15) is 0 Å². The molecule has 2 amide bonds. The minimum atomic E-state index is -0.0999. The molecule has 0 atom stereocenters. The van der Waals surface area contributed by atoms with Gasteiger partial charge in [0.05, 0.1) is 10.5 Å².